The molecule has 0 saturated heterocycles. The van der Waals surface area contributed by atoms with Crippen LogP contribution in [-0.2, 0) is 11.3 Å². The van der Waals surface area contributed by atoms with E-state index in [0.29, 0.717) is 23.7 Å². The number of hydrogen-bond donors (Lipinski definition) is 0. The molecule has 0 aromatic heterocycles. The van der Waals surface area contributed by atoms with Gasteiger partial charge >= 0.3 is 5.97 Å². The first-order valence-electron chi connectivity index (χ1n) is 10.8. The van der Waals surface area contributed by atoms with E-state index in [-0.39, 0.29) is 12.8 Å². The van der Waals surface area contributed by atoms with Crippen LogP contribution in [0.2, 0.25) is 0 Å². The number of benzene rings is 3. The number of hydrogen-bond acceptors (Lipinski definition) is 4. The summed E-state index contributed by atoms with van der Waals surface area (Å²) in [6.07, 6.45) is 0. The minimum absolute atomic E-state index is 0.147. The third kappa shape index (κ3) is 5.57. The van der Waals surface area contributed by atoms with Gasteiger partial charge in [-0.2, -0.15) is 0 Å². The summed E-state index contributed by atoms with van der Waals surface area (Å²) >= 11 is 0. The molecule has 4 nitrogen and oxygen atoms in total. The molecule has 0 bridgehead atoms. The maximum Gasteiger partial charge on any atom is 0.343 e. The summed E-state index contributed by atoms with van der Waals surface area (Å²) in [4.78, 5) is 12.6. The van der Waals surface area contributed by atoms with E-state index in [0.717, 1.165) is 22.3 Å². The Labute approximate surface area is 191 Å². The minimum Gasteiger partial charge on any atom is -0.467 e. The molecule has 0 fully saturated rings. The second kappa shape index (κ2) is 10.0. The van der Waals surface area contributed by atoms with Crippen molar-refractivity contribution in [1.82, 2.24) is 0 Å². The molecule has 32 heavy (non-hydrogen) atoms. The quantitative estimate of drug-likeness (QED) is 0.182. The number of ether oxygens (including phenoxy) is 3. The molecule has 3 aromatic rings. The Morgan fingerprint density at radius 3 is 1.84 bits per heavy atom. The first-order valence-corrected chi connectivity index (χ1v) is 10.8. The van der Waals surface area contributed by atoms with Crippen molar-refractivity contribution in [2.24, 2.45) is 0 Å². The van der Waals surface area contributed by atoms with Crippen molar-refractivity contribution in [2.75, 3.05) is 6.79 Å². The fourth-order valence-electron chi connectivity index (χ4n) is 3.64. The van der Waals surface area contributed by atoms with Gasteiger partial charge in [-0.25, -0.2) is 4.79 Å². The number of rotatable bonds is 7. The van der Waals surface area contributed by atoms with Gasteiger partial charge in [0.15, 0.2) is 6.79 Å². The molecule has 168 valence electrons. The Hall–Kier alpha value is -3.11. The van der Waals surface area contributed by atoms with Gasteiger partial charge in [0.05, 0.1) is 12.2 Å². The van der Waals surface area contributed by atoms with E-state index in [4.69, 9.17) is 14.2 Å². The monoisotopic (exact) mass is 432 g/mol. The van der Waals surface area contributed by atoms with E-state index in [2.05, 4.69) is 39.8 Å². The van der Waals surface area contributed by atoms with Gasteiger partial charge in [-0.15, -0.1) is 0 Å². The maximum absolute atomic E-state index is 12.6. The standard InChI is InChI=1S/C28H32O4/c1-17-10-24(11-18(2)22(17)6)15-30-16-31-27-9-8-26(14-21(27)5)32-28(29)25-12-19(3)23(7)20(4)13-25/h8-14H,15-16H2,1-7H3. The third-order valence-corrected chi connectivity index (χ3v) is 6.07. The summed E-state index contributed by atoms with van der Waals surface area (Å²) in [6.45, 7) is 15.0. The predicted molar refractivity (Wildman–Crippen MR) is 128 cm³/mol. The SMILES string of the molecule is Cc1cc(OC(=O)c2cc(C)c(C)c(C)c2)ccc1OCOCc1cc(C)c(C)c(C)c1. The Morgan fingerprint density at radius 1 is 0.719 bits per heavy atom. The molecule has 0 amide bonds. The highest BCUT2D eigenvalue weighted by Crippen LogP contribution is 2.25. The normalized spacial score (nSPS) is 10.8. The lowest BCUT2D eigenvalue weighted by Crippen LogP contribution is -2.10. The van der Waals surface area contributed by atoms with E-state index in [1.165, 1.54) is 22.3 Å². The van der Waals surface area contributed by atoms with Crippen molar-refractivity contribution in [3.05, 3.63) is 92.5 Å². The molecule has 0 unspecified atom stereocenters. The van der Waals surface area contributed by atoms with Gasteiger partial charge in [-0.3, -0.25) is 0 Å². The van der Waals surface area contributed by atoms with Crippen LogP contribution in [-0.4, -0.2) is 12.8 Å². The average Bonchev–Trinajstić information content (AvgIpc) is 2.74. The number of carbonyl (C=O) groups excluding carboxylic acids is 1. The molecule has 0 aliphatic carbocycles. The lowest BCUT2D eigenvalue weighted by atomic mass is 10.0. The Bertz CT molecular complexity index is 1100. The topological polar surface area (TPSA) is 44.8 Å². The van der Waals surface area contributed by atoms with Crippen molar-refractivity contribution in [2.45, 2.75) is 55.1 Å². The number of carbonyl (C=O) groups is 1. The lowest BCUT2D eigenvalue weighted by molar-refractivity contribution is 0.00460. The second-order valence-electron chi connectivity index (χ2n) is 8.52. The molecule has 0 spiro atoms. The molecule has 4 heteroatoms. The molecule has 0 N–H and O–H groups in total. The Balaban J connectivity index is 1.56. The molecular formula is C28H32O4. The summed E-state index contributed by atoms with van der Waals surface area (Å²) in [7, 11) is 0. The third-order valence-electron chi connectivity index (χ3n) is 6.07. The van der Waals surface area contributed by atoms with Gasteiger partial charge in [0, 0.05) is 0 Å². The van der Waals surface area contributed by atoms with Crippen LogP contribution in [0.5, 0.6) is 11.5 Å². The average molecular weight is 433 g/mol. The highest BCUT2D eigenvalue weighted by Gasteiger charge is 2.12. The van der Waals surface area contributed by atoms with Gasteiger partial charge in [-0.1, -0.05) is 12.1 Å². The molecule has 0 heterocycles. The number of esters is 1. The lowest BCUT2D eigenvalue weighted by Gasteiger charge is -2.13. The van der Waals surface area contributed by atoms with Crippen molar-refractivity contribution in [3.8, 4) is 11.5 Å². The van der Waals surface area contributed by atoms with Crippen molar-refractivity contribution < 1.29 is 19.0 Å². The Morgan fingerprint density at radius 2 is 1.28 bits per heavy atom. The van der Waals surface area contributed by atoms with Crippen LogP contribution in [0, 0.1) is 48.5 Å². The Kier molecular flexibility index (Phi) is 7.37. The summed E-state index contributed by atoms with van der Waals surface area (Å²) in [5.74, 6) is 0.821. The second-order valence-corrected chi connectivity index (χ2v) is 8.52. The zero-order valence-corrected chi connectivity index (χ0v) is 20.1. The van der Waals surface area contributed by atoms with Crippen LogP contribution in [0.3, 0.4) is 0 Å². The van der Waals surface area contributed by atoms with Gasteiger partial charge < -0.3 is 14.2 Å². The van der Waals surface area contributed by atoms with Gasteiger partial charge in [-0.05, 0) is 123 Å². The summed E-state index contributed by atoms with van der Waals surface area (Å²) in [5, 5.41) is 0. The van der Waals surface area contributed by atoms with Gasteiger partial charge in [0.25, 0.3) is 0 Å². The van der Waals surface area contributed by atoms with Crippen molar-refractivity contribution in [1.29, 1.82) is 0 Å². The van der Waals surface area contributed by atoms with Crippen LogP contribution in [0.25, 0.3) is 0 Å². The molecule has 0 aliphatic heterocycles. The van der Waals surface area contributed by atoms with Crippen LogP contribution < -0.4 is 9.47 Å². The molecular weight excluding hydrogens is 400 g/mol. The molecule has 0 radical (unpaired) electrons. The number of aryl methyl sites for hydroxylation is 5. The summed E-state index contributed by atoms with van der Waals surface area (Å²) in [5.41, 5.74) is 9.75. The van der Waals surface area contributed by atoms with Crippen LogP contribution in [0.1, 0.15) is 54.9 Å². The fraction of sp³-hybridized carbons (Fsp3) is 0.321. The van der Waals surface area contributed by atoms with Crippen LogP contribution >= 0.6 is 0 Å². The molecule has 3 rings (SSSR count). The molecule has 0 aliphatic rings. The highest BCUT2D eigenvalue weighted by molar-refractivity contribution is 5.91. The smallest absolute Gasteiger partial charge is 0.343 e. The van der Waals surface area contributed by atoms with E-state index in [1.807, 2.05) is 32.9 Å². The zero-order chi connectivity index (χ0) is 23.4. The van der Waals surface area contributed by atoms with Gasteiger partial charge in [0.1, 0.15) is 11.5 Å². The molecule has 0 atom stereocenters. The van der Waals surface area contributed by atoms with Crippen molar-refractivity contribution >= 4 is 5.97 Å². The first kappa shape index (κ1) is 23.6. The van der Waals surface area contributed by atoms with E-state index in [9.17, 15) is 4.79 Å². The minimum atomic E-state index is -0.365. The fourth-order valence-corrected chi connectivity index (χ4v) is 3.64. The van der Waals surface area contributed by atoms with Crippen molar-refractivity contribution in [3.63, 3.8) is 0 Å². The largest absolute Gasteiger partial charge is 0.467 e. The maximum atomic E-state index is 12.6. The van der Waals surface area contributed by atoms with E-state index in [1.54, 1.807) is 18.2 Å². The summed E-state index contributed by atoms with van der Waals surface area (Å²) < 4.78 is 17.1. The van der Waals surface area contributed by atoms with Gasteiger partial charge in [0.2, 0.25) is 0 Å². The predicted octanol–water partition coefficient (Wildman–Crippen LogP) is 6.62. The highest BCUT2D eigenvalue weighted by atomic mass is 16.7. The van der Waals surface area contributed by atoms with Crippen LogP contribution in [0.15, 0.2) is 42.5 Å². The zero-order valence-electron chi connectivity index (χ0n) is 20.1. The van der Waals surface area contributed by atoms with E-state index < -0.39 is 0 Å². The first-order chi connectivity index (χ1) is 15.2. The summed E-state index contributed by atoms with van der Waals surface area (Å²) in [6, 6.07) is 13.4. The van der Waals surface area contributed by atoms with E-state index >= 15 is 0 Å². The molecule has 0 saturated carbocycles. The molecule has 3 aromatic carbocycles. The van der Waals surface area contributed by atoms with Crippen LogP contribution in [0.4, 0.5) is 0 Å².